The zero-order chi connectivity index (χ0) is 11.0. The third-order valence-electron chi connectivity index (χ3n) is 1.90. The molecule has 0 fully saturated rings. The highest BCUT2D eigenvalue weighted by molar-refractivity contribution is 5.87. The summed E-state index contributed by atoms with van der Waals surface area (Å²) in [5.74, 6) is -1.30. The number of aromatic nitrogens is 2. The van der Waals surface area contributed by atoms with Crippen LogP contribution in [0.1, 0.15) is 12.2 Å². The number of halogens is 3. The van der Waals surface area contributed by atoms with Gasteiger partial charge in [0.05, 0.1) is 5.52 Å². The Morgan fingerprint density at radius 3 is 2.60 bits per heavy atom. The Kier molecular flexibility index (Phi) is 2.18. The zero-order valence-corrected chi connectivity index (χ0v) is 7.42. The van der Waals surface area contributed by atoms with Crippen LogP contribution >= 0.6 is 0 Å². The van der Waals surface area contributed by atoms with Crippen LogP contribution in [-0.4, -0.2) is 9.97 Å². The summed E-state index contributed by atoms with van der Waals surface area (Å²) >= 11 is 0. The number of benzene rings is 1. The van der Waals surface area contributed by atoms with Crippen molar-refractivity contribution in [1.82, 2.24) is 9.97 Å². The lowest BCUT2D eigenvalue weighted by molar-refractivity contribution is 0.141. The van der Waals surface area contributed by atoms with E-state index in [1.165, 1.54) is 6.07 Å². The fourth-order valence-electron chi connectivity index (χ4n) is 1.24. The van der Waals surface area contributed by atoms with E-state index in [0.29, 0.717) is 0 Å². The van der Waals surface area contributed by atoms with Crippen molar-refractivity contribution in [3.8, 4) is 0 Å². The molecule has 0 radical (unpaired) electrons. The van der Waals surface area contributed by atoms with Gasteiger partial charge in [0.15, 0.2) is 5.82 Å². The first kappa shape index (κ1) is 9.70. The number of fused-ring (bicyclic) bond motifs is 1. The summed E-state index contributed by atoms with van der Waals surface area (Å²) in [6.07, 6.45) is -2.79. The van der Waals surface area contributed by atoms with Gasteiger partial charge >= 0.3 is 0 Å². The van der Waals surface area contributed by atoms with Gasteiger partial charge in [-0.05, 0) is 18.2 Å². The number of anilines is 1. The van der Waals surface area contributed by atoms with Crippen molar-refractivity contribution < 1.29 is 13.2 Å². The van der Waals surface area contributed by atoms with Crippen LogP contribution < -0.4 is 5.73 Å². The Balaban J connectivity index is 2.73. The topological polar surface area (TPSA) is 51.8 Å². The summed E-state index contributed by atoms with van der Waals surface area (Å²) in [7, 11) is 0. The Labute approximate surface area is 82.8 Å². The third kappa shape index (κ3) is 1.70. The largest absolute Gasteiger partial charge is 0.383 e. The van der Waals surface area contributed by atoms with Crippen LogP contribution in [0.25, 0.3) is 10.9 Å². The van der Waals surface area contributed by atoms with Gasteiger partial charge in [0.1, 0.15) is 11.6 Å². The predicted octanol–water partition coefficient (Wildman–Crippen LogP) is 2.29. The standard InChI is InChI=1S/C9H6F3N3/c10-4-1-2-6-5(3-4)8(13)15-9(14-6)7(11)12/h1-3,7H,(H2,13,14,15). The molecule has 15 heavy (non-hydrogen) atoms. The van der Waals surface area contributed by atoms with Crippen LogP contribution in [0, 0.1) is 5.82 Å². The highest BCUT2D eigenvalue weighted by Gasteiger charge is 2.13. The van der Waals surface area contributed by atoms with Crippen LogP contribution in [-0.2, 0) is 0 Å². The van der Waals surface area contributed by atoms with Crippen LogP contribution in [0.3, 0.4) is 0 Å². The molecule has 1 aromatic carbocycles. The van der Waals surface area contributed by atoms with Gasteiger partial charge in [-0.1, -0.05) is 0 Å². The van der Waals surface area contributed by atoms with Gasteiger partial charge in [-0.2, -0.15) is 0 Å². The number of nitrogens with zero attached hydrogens (tertiary/aromatic N) is 2. The SMILES string of the molecule is Nc1nc(C(F)F)nc2ccc(F)cc12. The maximum atomic E-state index is 12.8. The average Bonchev–Trinajstić information content (AvgIpc) is 2.18. The minimum atomic E-state index is -2.79. The molecule has 0 aliphatic heterocycles. The first-order valence-corrected chi connectivity index (χ1v) is 4.09. The molecule has 0 aliphatic rings. The molecule has 0 spiro atoms. The molecule has 0 bridgehead atoms. The predicted molar refractivity (Wildman–Crippen MR) is 48.9 cm³/mol. The van der Waals surface area contributed by atoms with E-state index in [1.807, 2.05) is 0 Å². The number of nitrogen functional groups attached to an aromatic ring is 1. The number of nitrogens with two attached hydrogens (primary N) is 1. The Hall–Kier alpha value is -1.85. The normalized spacial score (nSPS) is 11.2. The molecule has 3 nitrogen and oxygen atoms in total. The maximum Gasteiger partial charge on any atom is 0.297 e. The molecule has 0 atom stereocenters. The first-order valence-electron chi connectivity index (χ1n) is 4.09. The highest BCUT2D eigenvalue weighted by atomic mass is 19.3. The minimum absolute atomic E-state index is 0.144. The van der Waals surface area contributed by atoms with E-state index in [1.54, 1.807) is 0 Å². The number of rotatable bonds is 1. The van der Waals surface area contributed by atoms with E-state index in [9.17, 15) is 13.2 Å². The van der Waals surface area contributed by atoms with Crippen LogP contribution in [0.4, 0.5) is 19.0 Å². The van der Waals surface area contributed by atoms with E-state index >= 15 is 0 Å². The monoisotopic (exact) mass is 213 g/mol. The lowest BCUT2D eigenvalue weighted by atomic mass is 10.2. The lowest BCUT2D eigenvalue weighted by Crippen LogP contribution is -2.01. The molecule has 0 saturated carbocycles. The van der Waals surface area contributed by atoms with Crippen molar-refractivity contribution >= 4 is 16.7 Å². The molecule has 1 heterocycles. The third-order valence-corrected chi connectivity index (χ3v) is 1.90. The molecular formula is C9H6F3N3. The average molecular weight is 213 g/mol. The number of alkyl halides is 2. The first-order chi connectivity index (χ1) is 7.08. The van der Waals surface area contributed by atoms with Crippen molar-refractivity contribution in [1.29, 1.82) is 0 Å². The summed E-state index contributed by atoms with van der Waals surface area (Å²) < 4.78 is 37.4. The second kappa shape index (κ2) is 3.38. The zero-order valence-electron chi connectivity index (χ0n) is 7.42. The molecule has 2 N–H and O–H groups in total. The Bertz CT molecular complexity index is 513. The summed E-state index contributed by atoms with van der Waals surface area (Å²) in [6.45, 7) is 0. The Morgan fingerprint density at radius 2 is 1.93 bits per heavy atom. The van der Waals surface area contributed by atoms with Gasteiger partial charge in [-0.15, -0.1) is 0 Å². The van der Waals surface area contributed by atoms with Crippen molar-refractivity contribution in [2.24, 2.45) is 0 Å². The highest BCUT2D eigenvalue weighted by Crippen LogP contribution is 2.22. The molecule has 2 rings (SSSR count). The fourth-order valence-corrected chi connectivity index (χ4v) is 1.24. The Morgan fingerprint density at radius 1 is 1.20 bits per heavy atom. The molecule has 2 aromatic rings. The van der Waals surface area contributed by atoms with E-state index in [2.05, 4.69) is 9.97 Å². The van der Waals surface area contributed by atoms with Crippen molar-refractivity contribution in [2.45, 2.75) is 6.43 Å². The lowest BCUT2D eigenvalue weighted by Gasteiger charge is -2.04. The molecule has 0 aliphatic carbocycles. The van der Waals surface area contributed by atoms with Crippen LogP contribution in [0.15, 0.2) is 18.2 Å². The quantitative estimate of drug-likeness (QED) is 0.790. The molecule has 0 amide bonds. The van der Waals surface area contributed by atoms with E-state index in [-0.39, 0.29) is 16.7 Å². The molecular weight excluding hydrogens is 207 g/mol. The second-order valence-electron chi connectivity index (χ2n) is 2.93. The van der Waals surface area contributed by atoms with E-state index in [0.717, 1.165) is 12.1 Å². The van der Waals surface area contributed by atoms with Gasteiger partial charge < -0.3 is 5.73 Å². The number of hydrogen-bond donors (Lipinski definition) is 1. The van der Waals surface area contributed by atoms with Crippen LogP contribution in [0.5, 0.6) is 0 Å². The summed E-state index contributed by atoms with van der Waals surface area (Å²) in [5, 5.41) is 0.236. The second-order valence-corrected chi connectivity index (χ2v) is 2.93. The minimum Gasteiger partial charge on any atom is -0.383 e. The van der Waals surface area contributed by atoms with Crippen LogP contribution in [0.2, 0.25) is 0 Å². The molecule has 6 heteroatoms. The van der Waals surface area contributed by atoms with Crippen molar-refractivity contribution in [3.05, 3.63) is 29.8 Å². The van der Waals surface area contributed by atoms with E-state index in [4.69, 9.17) is 5.73 Å². The van der Waals surface area contributed by atoms with Gasteiger partial charge in [0.25, 0.3) is 6.43 Å². The summed E-state index contributed by atoms with van der Waals surface area (Å²) in [4.78, 5) is 6.96. The molecule has 78 valence electrons. The van der Waals surface area contributed by atoms with Crippen molar-refractivity contribution in [3.63, 3.8) is 0 Å². The van der Waals surface area contributed by atoms with Gasteiger partial charge in [-0.3, -0.25) is 0 Å². The summed E-state index contributed by atoms with van der Waals surface area (Å²) in [6, 6.07) is 3.53. The molecule has 0 saturated heterocycles. The molecule has 0 unspecified atom stereocenters. The summed E-state index contributed by atoms with van der Waals surface area (Å²) in [5.41, 5.74) is 5.62. The maximum absolute atomic E-state index is 12.8. The van der Waals surface area contributed by atoms with Gasteiger partial charge in [0.2, 0.25) is 0 Å². The molecule has 1 aromatic heterocycles. The van der Waals surface area contributed by atoms with Gasteiger partial charge in [-0.25, -0.2) is 23.1 Å². The number of hydrogen-bond acceptors (Lipinski definition) is 3. The van der Waals surface area contributed by atoms with Gasteiger partial charge in [0, 0.05) is 5.39 Å². The smallest absolute Gasteiger partial charge is 0.297 e. The van der Waals surface area contributed by atoms with E-state index < -0.39 is 18.1 Å². The fraction of sp³-hybridized carbons (Fsp3) is 0.111. The van der Waals surface area contributed by atoms with Crippen molar-refractivity contribution in [2.75, 3.05) is 5.73 Å².